The lowest BCUT2D eigenvalue weighted by molar-refractivity contribution is 0.112. The smallest absolute Gasteiger partial charge is 0.150 e. The Kier molecular flexibility index (Phi) is 5.02. The minimum atomic E-state index is 0.536. The van der Waals surface area contributed by atoms with E-state index in [9.17, 15) is 4.79 Å². The normalized spacial score (nSPS) is 9.50. The minimum Gasteiger partial charge on any atom is -0.497 e. The van der Waals surface area contributed by atoms with Crippen LogP contribution in [0.2, 0.25) is 0 Å². The van der Waals surface area contributed by atoms with E-state index >= 15 is 0 Å². The first kappa shape index (κ1) is 13.3. The van der Waals surface area contributed by atoms with Crippen molar-refractivity contribution >= 4 is 43.9 Å². The third-order valence-corrected chi connectivity index (χ3v) is 2.73. The van der Waals surface area contributed by atoms with Crippen LogP contribution in [0, 0.1) is 0 Å². The highest BCUT2D eigenvalue weighted by Crippen LogP contribution is 2.31. The van der Waals surface area contributed by atoms with Gasteiger partial charge in [0, 0.05) is 11.1 Å². The lowest BCUT2D eigenvalue weighted by Gasteiger charge is -2.10. The van der Waals surface area contributed by atoms with Gasteiger partial charge < -0.3 is 9.47 Å². The fraction of sp³-hybridized carbons (Fsp3) is 0.182. The largest absolute Gasteiger partial charge is 0.497 e. The summed E-state index contributed by atoms with van der Waals surface area (Å²) in [6.45, 7) is 0. The Morgan fingerprint density at radius 3 is 2.44 bits per heavy atom. The van der Waals surface area contributed by atoms with Crippen molar-refractivity contribution in [2.24, 2.45) is 0 Å². The Bertz CT molecular complexity index is 423. The fourth-order valence-corrected chi connectivity index (χ4v) is 2.00. The van der Waals surface area contributed by atoms with Crippen molar-refractivity contribution in [1.29, 1.82) is 0 Å². The maximum Gasteiger partial charge on any atom is 0.150 e. The molecule has 1 aromatic carbocycles. The number of aldehydes is 1. The highest BCUT2D eigenvalue weighted by Gasteiger charge is 2.12. The summed E-state index contributed by atoms with van der Waals surface area (Å²) in [5, 5.41) is 0. The molecule has 0 aliphatic heterocycles. The summed E-state index contributed by atoms with van der Waals surface area (Å²) in [6, 6.07) is 5.15. The first-order chi connectivity index (χ1) is 7.63. The van der Waals surface area contributed by atoms with Crippen molar-refractivity contribution < 1.29 is 14.3 Å². The topological polar surface area (TPSA) is 35.5 Å². The van der Waals surface area contributed by atoms with Crippen LogP contribution in [0.15, 0.2) is 21.6 Å². The molecule has 0 atom stereocenters. The number of halogens is 2. The Balaban J connectivity index is 3.39. The number of hydrogen-bond donors (Lipinski definition) is 0. The van der Waals surface area contributed by atoms with E-state index in [0.717, 1.165) is 6.29 Å². The van der Waals surface area contributed by atoms with Crippen molar-refractivity contribution in [3.8, 4) is 5.75 Å². The van der Waals surface area contributed by atoms with Crippen LogP contribution >= 0.6 is 31.9 Å². The van der Waals surface area contributed by atoms with Crippen LogP contribution in [0.25, 0.3) is 5.76 Å². The molecule has 3 nitrogen and oxygen atoms in total. The molecule has 0 spiro atoms. The van der Waals surface area contributed by atoms with E-state index in [0.29, 0.717) is 26.0 Å². The first-order valence-corrected chi connectivity index (χ1v) is 5.95. The number of hydrogen-bond acceptors (Lipinski definition) is 3. The van der Waals surface area contributed by atoms with E-state index in [-0.39, 0.29) is 0 Å². The van der Waals surface area contributed by atoms with Gasteiger partial charge in [0.1, 0.15) is 14.9 Å². The SMILES string of the molecule is COC(=C(Br)Br)c1cc(OC)ccc1C=O. The van der Waals surface area contributed by atoms with Gasteiger partial charge in [0.25, 0.3) is 0 Å². The van der Waals surface area contributed by atoms with Gasteiger partial charge in [-0.25, -0.2) is 0 Å². The molecule has 0 radical (unpaired) electrons. The third-order valence-electron chi connectivity index (χ3n) is 2.01. The van der Waals surface area contributed by atoms with Crippen LogP contribution in [0.3, 0.4) is 0 Å². The molecule has 0 aromatic heterocycles. The van der Waals surface area contributed by atoms with Gasteiger partial charge in [-0.15, -0.1) is 0 Å². The predicted octanol–water partition coefficient (Wildman–Crippen LogP) is 3.57. The summed E-state index contributed by atoms with van der Waals surface area (Å²) in [7, 11) is 3.10. The van der Waals surface area contributed by atoms with Gasteiger partial charge in [0.15, 0.2) is 6.29 Å². The summed E-state index contributed by atoms with van der Waals surface area (Å²) in [4.78, 5) is 10.9. The molecule has 0 unspecified atom stereocenters. The van der Waals surface area contributed by atoms with Crippen LogP contribution in [0.5, 0.6) is 5.75 Å². The molecule has 0 heterocycles. The average molecular weight is 350 g/mol. The molecule has 16 heavy (non-hydrogen) atoms. The Morgan fingerprint density at radius 2 is 2.00 bits per heavy atom. The van der Waals surface area contributed by atoms with Crippen molar-refractivity contribution in [2.75, 3.05) is 14.2 Å². The van der Waals surface area contributed by atoms with E-state index in [2.05, 4.69) is 31.9 Å². The van der Waals surface area contributed by atoms with Crippen LogP contribution in [-0.4, -0.2) is 20.5 Å². The van der Waals surface area contributed by atoms with E-state index in [4.69, 9.17) is 9.47 Å². The molecule has 0 saturated carbocycles. The van der Waals surface area contributed by atoms with E-state index in [1.807, 2.05) is 0 Å². The molecule has 0 aliphatic rings. The summed E-state index contributed by atoms with van der Waals surface area (Å²) in [5.41, 5.74) is 1.20. The molecule has 0 N–H and O–H groups in total. The molecule has 5 heteroatoms. The molecule has 0 fully saturated rings. The standard InChI is InChI=1S/C11H10Br2O3/c1-15-8-4-3-7(6-14)9(5-8)10(16-2)11(12)13/h3-6H,1-2H3. The second-order valence-corrected chi connectivity index (χ2v) is 5.51. The molecule has 1 rings (SSSR count). The average Bonchev–Trinajstić information content (AvgIpc) is 2.29. The van der Waals surface area contributed by atoms with E-state index in [1.165, 1.54) is 7.11 Å². The summed E-state index contributed by atoms with van der Waals surface area (Å²) in [5.74, 6) is 1.21. The summed E-state index contributed by atoms with van der Waals surface area (Å²) >= 11 is 6.52. The molecular weight excluding hydrogens is 340 g/mol. The van der Waals surface area contributed by atoms with Crippen LogP contribution in [-0.2, 0) is 4.74 Å². The van der Waals surface area contributed by atoms with Gasteiger partial charge in [0.05, 0.1) is 14.2 Å². The second-order valence-electron chi connectivity index (χ2n) is 2.86. The lowest BCUT2D eigenvalue weighted by Crippen LogP contribution is -1.96. The third kappa shape index (κ3) is 2.86. The lowest BCUT2D eigenvalue weighted by atomic mass is 10.1. The minimum absolute atomic E-state index is 0.536. The second kappa shape index (κ2) is 6.06. The Morgan fingerprint density at radius 1 is 1.31 bits per heavy atom. The van der Waals surface area contributed by atoms with Gasteiger partial charge in [0.2, 0.25) is 0 Å². The highest BCUT2D eigenvalue weighted by molar-refractivity contribution is 9.28. The van der Waals surface area contributed by atoms with E-state index in [1.54, 1.807) is 25.3 Å². The van der Waals surface area contributed by atoms with Crippen LogP contribution < -0.4 is 4.74 Å². The maximum absolute atomic E-state index is 10.9. The van der Waals surface area contributed by atoms with Gasteiger partial charge in [-0.05, 0) is 50.1 Å². The molecule has 1 aromatic rings. The zero-order valence-electron chi connectivity index (χ0n) is 8.79. The molecule has 86 valence electrons. The molecule has 0 saturated heterocycles. The van der Waals surface area contributed by atoms with Gasteiger partial charge >= 0.3 is 0 Å². The zero-order chi connectivity index (χ0) is 12.1. The van der Waals surface area contributed by atoms with Crippen LogP contribution in [0.1, 0.15) is 15.9 Å². The summed E-state index contributed by atoms with van der Waals surface area (Å²) in [6.07, 6.45) is 0.775. The number of ether oxygens (including phenoxy) is 2. The van der Waals surface area contributed by atoms with Crippen molar-refractivity contribution in [2.45, 2.75) is 0 Å². The number of carbonyl (C=O) groups excluding carboxylic acids is 1. The Labute approximate surface area is 111 Å². The van der Waals surface area contributed by atoms with Gasteiger partial charge in [-0.1, -0.05) is 0 Å². The van der Waals surface area contributed by atoms with Crippen molar-refractivity contribution in [3.63, 3.8) is 0 Å². The van der Waals surface area contributed by atoms with Crippen molar-refractivity contribution in [3.05, 3.63) is 32.7 Å². The highest BCUT2D eigenvalue weighted by atomic mass is 79.9. The van der Waals surface area contributed by atoms with E-state index < -0.39 is 0 Å². The van der Waals surface area contributed by atoms with Crippen LogP contribution in [0.4, 0.5) is 0 Å². The summed E-state index contributed by atoms with van der Waals surface area (Å²) < 4.78 is 11.0. The molecular formula is C11H10Br2O3. The van der Waals surface area contributed by atoms with Gasteiger partial charge in [-0.3, -0.25) is 4.79 Å². The monoisotopic (exact) mass is 348 g/mol. The Hall–Kier alpha value is -0.810. The molecule has 0 amide bonds. The first-order valence-electron chi connectivity index (χ1n) is 4.37. The molecule has 0 aliphatic carbocycles. The molecule has 0 bridgehead atoms. The quantitative estimate of drug-likeness (QED) is 0.615. The zero-order valence-corrected chi connectivity index (χ0v) is 12.0. The maximum atomic E-state index is 10.9. The fourth-order valence-electron chi connectivity index (χ4n) is 1.25. The predicted molar refractivity (Wildman–Crippen MR) is 70.2 cm³/mol. The number of rotatable bonds is 4. The number of methoxy groups -OCH3 is 2. The van der Waals surface area contributed by atoms with Gasteiger partial charge in [-0.2, -0.15) is 0 Å². The number of benzene rings is 1. The van der Waals surface area contributed by atoms with Crippen molar-refractivity contribution in [1.82, 2.24) is 0 Å². The number of carbonyl (C=O) groups is 1.